The van der Waals surface area contributed by atoms with Gasteiger partial charge in [-0.1, -0.05) is 145 Å². The zero-order valence-corrected chi connectivity index (χ0v) is 34.0. The van der Waals surface area contributed by atoms with Gasteiger partial charge in [0.05, 0.1) is 25.4 Å². The zero-order chi connectivity index (χ0) is 39.5. The molecule has 1 aliphatic heterocycles. The third-order valence-corrected chi connectivity index (χ3v) is 9.81. The number of rotatable bonds is 34. The van der Waals surface area contributed by atoms with Gasteiger partial charge in [0, 0.05) is 6.42 Å². The molecule has 0 aliphatic carbocycles. The van der Waals surface area contributed by atoms with Crippen molar-refractivity contribution in [2.75, 3.05) is 13.2 Å². The van der Waals surface area contributed by atoms with Crippen molar-refractivity contribution in [1.82, 2.24) is 5.32 Å². The fourth-order valence-electron chi connectivity index (χ4n) is 6.29. The second-order valence-electron chi connectivity index (χ2n) is 14.8. The van der Waals surface area contributed by atoms with Crippen molar-refractivity contribution in [3.05, 3.63) is 60.8 Å². The molecule has 0 bridgehead atoms. The molecule has 1 saturated heterocycles. The van der Waals surface area contributed by atoms with Gasteiger partial charge in [-0.15, -0.1) is 0 Å². The summed E-state index contributed by atoms with van der Waals surface area (Å²) in [5.41, 5.74) is 0. The predicted molar refractivity (Wildman–Crippen MR) is 221 cm³/mol. The van der Waals surface area contributed by atoms with Crippen molar-refractivity contribution in [2.45, 2.75) is 204 Å². The molecular formula is C45H79NO8. The molecule has 1 fully saturated rings. The van der Waals surface area contributed by atoms with E-state index >= 15 is 0 Å². The molecule has 0 aromatic heterocycles. The molecule has 1 rings (SSSR count). The number of hydrogen-bond acceptors (Lipinski definition) is 8. The van der Waals surface area contributed by atoms with Crippen LogP contribution in [0.25, 0.3) is 0 Å². The number of hydrogen-bond donors (Lipinski definition) is 6. The van der Waals surface area contributed by atoms with Crippen LogP contribution >= 0.6 is 0 Å². The summed E-state index contributed by atoms with van der Waals surface area (Å²) in [4.78, 5) is 12.9. The molecule has 1 heterocycles. The highest BCUT2D eigenvalue weighted by molar-refractivity contribution is 5.76. The molecule has 0 aromatic carbocycles. The van der Waals surface area contributed by atoms with Gasteiger partial charge in [-0.3, -0.25) is 4.79 Å². The van der Waals surface area contributed by atoms with Crippen LogP contribution in [0.15, 0.2) is 60.8 Å². The van der Waals surface area contributed by atoms with E-state index in [0.717, 1.165) is 70.6 Å². The van der Waals surface area contributed by atoms with E-state index in [9.17, 15) is 30.3 Å². The van der Waals surface area contributed by atoms with E-state index in [-0.39, 0.29) is 12.5 Å². The highest BCUT2D eigenvalue weighted by Gasteiger charge is 2.44. The third-order valence-electron chi connectivity index (χ3n) is 9.81. The van der Waals surface area contributed by atoms with Crippen LogP contribution in [-0.2, 0) is 14.3 Å². The summed E-state index contributed by atoms with van der Waals surface area (Å²) in [6.07, 6.45) is 38.3. The standard InChI is InChI=1S/C45H79NO8/c1-3-5-7-9-11-13-15-17-18-19-20-21-22-23-25-27-29-31-33-35-41(49)46-38(37-53-45-44(52)43(51)42(50)40(36-47)54-45)39(48)34-32-30-28-26-24-16-14-12-10-8-6-4-2/h11,13,17-18,20-21,24,26,32,34,38-40,42-45,47-48,50-52H,3-10,12,14-16,19,22-23,25,27-31,33,35-37H2,1-2H3,(H,46,49)/b13-11-,18-17-,21-20-,26-24+,34-32+. The molecule has 9 heteroatoms. The second-order valence-corrected chi connectivity index (χ2v) is 14.8. The van der Waals surface area contributed by atoms with Crippen LogP contribution in [0.4, 0.5) is 0 Å². The number of carbonyl (C=O) groups excluding carboxylic acids is 1. The van der Waals surface area contributed by atoms with Crippen molar-refractivity contribution in [2.24, 2.45) is 0 Å². The van der Waals surface area contributed by atoms with Crippen LogP contribution in [0.3, 0.4) is 0 Å². The summed E-state index contributed by atoms with van der Waals surface area (Å²) in [6.45, 7) is 3.68. The van der Waals surface area contributed by atoms with Crippen molar-refractivity contribution < 1.29 is 39.8 Å². The summed E-state index contributed by atoms with van der Waals surface area (Å²) in [6, 6.07) is -0.829. The predicted octanol–water partition coefficient (Wildman–Crippen LogP) is 8.44. The molecule has 0 aromatic rings. The molecule has 312 valence electrons. The van der Waals surface area contributed by atoms with E-state index in [0.29, 0.717) is 6.42 Å². The van der Waals surface area contributed by atoms with E-state index in [1.165, 1.54) is 70.6 Å². The normalized spacial score (nSPS) is 22.1. The van der Waals surface area contributed by atoms with E-state index in [4.69, 9.17) is 9.47 Å². The Balaban J connectivity index is 2.41. The lowest BCUT2D eigenvalue weighted by Crippen LogP contribution is -2.60. The highest BCUT2D eigenvalue weighted by Crippen LogP contribution is 2.22. The Morgan fingerprint density at radius 2 is 1.11 bits per heavy atom. The smallest absolute Gasteiger partial charge is 0.220 e. The van der Waals surface area contributed by atoms with Crippen molar-refractivity contribution in [3.63, 3.8) is 0 Å². The van der Waals surface area contributed by atoms with Crippen LogP contribution < -0.4 is 5.32 Å². The molecule has 0 radical (unpaired) electrons. The van der Waals surface area contributed by atoms with Crippen LogP contribution in [0.2, 0.25) is 0 Å². The molecule has 1 aliphatic rings. The highest BCUT2D eigenvalue weighted by atomic mass is 16.7. The maximum Gasteiger partial charge on any atom is 0.220 e. The molecule has 0 spiro atoms. The summed E-state index contributed by atoms with van der Waals surface area (Å²) < 4.78 is 11.2. The zero-order valence-electron chi connectivity index (χ0n) is 34.0. The average Bonchev–Trinajstić information content (AvgIpc) is 3.17. The average molecular weight is 762 g/mol. The third kappa shape index (κ3) is 25.9. The summed E-state index contributed by atoms with van der Waals surface area (Å²) >= 11 is 0. The molecule has 7 atom stereocenters. The van der Waals surface area contributed by atoms with Gasteiger partial charge in [-0.25, -0.2) is 0 Å². The Bertz CT molecular complexity index is 1030. The van der Waals surface area contributed by atoms with Gasteiger partial charge in [-0.2, -0.15) is 0 Å². The Labute approximate surface area is 328 Å². The minimum absolute atomic E-state index is 0.204. The van der Waals surface area contributed by atoms with Gasteiger partial charge < -0.3 is 40.3 Å². The maximum absolute atomic E-state index is 12.9. The number of allylic oxidation sites excluding steroid dienone is 9. The minimum Gasteiger partial charge on any atom is -0.394 e. The lowest BCUT2D eigenvalue weighted by molar-refractivity contribution is -0.302. The number of carbonyl (C=O) groups is 1. The lowest BCUT2D eigenvalue weighted by atomic mass is 9.99. The van der Waals surface area contributed by atoms with Gasteiger partial charge in [0.1, 0.15) is 24.4 Å². The first-order chi connectivity index (χ1) is 26.3. The molecule has 0 saturated carbocycles. The molecule has 54 heavy (non-hydrogen) atoms. The molecule has 6 N–H and O–H groups in total. The Morgan fingerprint density at radius 3 is 1.72 bits per heavy atom. The summed E-state index contributed by atoms with van der Waals surface area (Å²) in [5, 5.41) is 54.0. The van der Waals surface area contributed by atoms with Gasteiger partial charge in [0.15, 0.2) is 6.29 Å². The largest absolute Gasteiger partial charge is 0.394 e. The molecular weight excluding hydrogens is 682 g/mol. The Morgan fingerprint density at radius 1 is 0.630 bits per heavy atom. The van der Waals surface area contributed by atoms with Crippen molar-refractivity contribution in [1.29, 1.82) is 0 Å². The number of amides is 1. The lowest BCUT2D eigenvalue weighted by Gasteiger charge is -2.40. The van der Waals surface area contributed by atoms with Crippen LogP contribution in [-0.4, -0.2) is 87.5 Å². The fourth-order valence-corrected chi connectivity index (χ4v) is 6.29. The SMILES string of the molecule is CCCCC/C=C\C/C=C\C/C=C\CCCCCCCCC(=O)NC(COC1OC(CO)C(O)C(O)C1O)C(O)/C=C/CC/C=C/CCCCCCCC. The van der Waals surface area contributed by atoms with Gasteiger partial charge in [0.2, 0.25) is 5.91 Å². The van der Waals surface area contributed by atoms with E-state index in [1.54, 1.807) is 6.08 Å². The van der Waals surface area contributed by atoms with Gasteiger partial charge in [0.25, 0.3) is 0 Å². The number of unbranched alkanes of at least 4 members (excludes halogenated alkanes) is 16. The van der Waals surface area contributed by atoms with Crippen LogP contribution in [0, 0.1) is 0 Å². The minimum atomic E-state index is -1.57. The Kier molecular flexibility index (Phi) is 32.6. The first-order valence-corrected chi connectivity index (χ1v) is 21.5. The fraction of sp³-hybridized carbons (Fsp3) is 0.756. The number of aliphatic hydroxyl groups is 5. The van der Waals surface area contributed by atoms with E-state index in [1.807, 2.05) is 6.08 Å². The maximum atomic E-state index is 12.9. The number of ether oxygens (including phenoxy) is 2. The van der Waals surface area contributed by atoms with Crippen LogP contribution in [0.5, 0.6) is 0 Å². The van der Waals surface area contributed by atoms with Crippen molar-refractivity contribution >= 4 is 5.91 Å². The first kappa shape index (κ1) is 49.9. The number of nitrogens with one attached hydrogen (secondary N) is 1. The van der Waals surface area contributed by atoms with E-state index < -0.39 is 49.5 Å². The monoisotopic (exact) mass is 762 g/mol. The second kappa shape index (κ2) is 35.3. The summed E-state index contributed by atoms with van der Waals surface area (Å²) in [7, 11) is 0. The van der Waals surface area contributed by atoms with E-state index in [2.05, 4.69) is 67.8 Å². The topological polar surface area (TPSA) is 149 Å². The first-order valence-electron chi connectivity index (χ1n) is 21.5. The van der Waals surface area contributed by atoms with Gasteiger partial charge in [-0.05, 0) is 70.6 Å². The molecule has 9 nitrogen and oxygen atoms in total. The van der Waals surface area contributed by atoms with Gasteiger partial charge >= 0.3 is 0 Å². The quantitative estimate of drug-likeness (QED) is 0.0283. The summed E-state index contributed by atoms with van der Waals surface area (Å²) in [5.74, 6) is -0.204. The van der Waals surface area contributed by atoms with Crippen LogP contribution in [0.1, 0.15) is 162 Å². The number of aliphatic hydroxyl groups excluding tert-OH is 5. The molecule has 7 unspecified atom stereocenters. The Hall–Kier alpha value is -2.11. The molecule has 1 amide bonds. The van der Waals surface area contributed by atoms with Crippen molar-refractivity contribution in [3.8, 4) is 0 Å².